The van der Waals surface area contributed by atoms with E-state index in [0.29, 0.717) is 16.3 Å². The molecule has 31 heavy (non-hydrogen) atoms. The fourth-order valence-corrected chi connectivity index (χ4v) is 4.50. The van der Waals surface area contributed by atoms with Crippen molar-refractivity contribution in [2.24, 2.45) is 5.73 Å². The van der Waals surface area contributed by atoms with E-state index in [1.165, 1.54) is 47.4 Å². The summed E-state index contributed by atoms with van der Waals surface area (Å²) in [7, 11) is -4.01. The van der Waals surface area contributed by atoms with Crippen molar-refractivity contribution in [3.8, 4) is 17.3 Å². The van der Waals surface area contributed by atoms with Gasteiger partial charge in [0, 0.05) is 22.8 Å². The normalized spacial score (nSPS) is 11.6. The predicted octanol–water partition coefficient (Wildman–Crippen LogP) is 3.76. The van der Waals surface area contributed by atoms with Crippen molar-refractivity contribution in [1.29, 1.82) is 5.26 Å². The van der Waals surface area contributed by atoms with Gasteiger partial charge < -0.3 is 11.1 Å². The second kappa shape index (κ2) is 8.99. The molecular weight excluding hydrogens is 434 g/mol. The van der Waals surface area contributed by atoms with Crippen LogP contribution in [0.2, 0.25) is 0 Å². The molecule has 10 heteroatoms. The minimum absolute atomic E-state index is 0.112. The quantitative estimate of drug-likeness (QED) is 0.486. The number of hydrogen-bond donors (Lipinski definition) is 3. The molecule has 0 unspecified atom stereocenters. The Morgan fingerprint density at radius 1 is 1.19 bits per heavy atom. The van der Waals surface area contributed by atoms with Crippen LogP contribution in [-0.4, -0.2) is 19.4 Å². The average molecular weight is 454 g/mol. The zero-order valence-electron chi connectivity index (χ0n) is 16.7. The molecule has 0 aliphatic carbocycles. The van der Waals surface area contributed by atoms with E-state index in [0.717, 1.165) is 16.8 Å². The summed E-state index contributed by atoms with van der Waals surface area (Å²) in [5, 5.41) is 15.0. The molecule has 0 aliphatic heterocycles. The van der Waals surface area contributed by atoms with E-state index in [-0.39, 0.29) is 4.90 Å². The summed E-state index contributed by atoms with van der Waals surface area (Å²) in [6.45, 7) is 4.05. The van der Waals surface area contributed by atoms with Gasteiger partial charge in [0.25, 0.3) is 10.0 Å². The SMILES string of the molecule is Cc1ccc(-c2csc(/C(C#N)=C\Nc3ccc(S(=O)(=O)NC(N)=O)cc3)n2)c(C)c1. The molecule has 0 saturated carbocycles. The Morgan fingerprint density at radius 3 is 2.52 bits per heavy atom. The fourth-order valence-electron chi connectivity index (χ4n) is 2.84. The van der Waals surface area contributed by atoms with Crippen LogP contribution in [0.25, 0.3) is 16.8 Å². The number of nitrogens with zero attached hydrogens (tertiary/aromatic N) is 2. The lowest BCUT2D eigenvalue weighted by molar-refractivity contribution is 0.253. The molecule has 1 heterocycles. The van der Waals surface area contributed by atoms with Gasteiger partial charge >= 0.3 is 6.03 Å². The molecule has 3 rings (SSSR count). The van der Waals surface area contributed by atoms with E-state index in [1.807, 2.05) is 31.4 Å². The maximum absolute atomic E-state index is 11.9. The maximum atomic E-state index is 11.9. The van der Waals surface area contributed by atoms with Gasteiger partial charge in [-0.3, -0.25) is 0 Å². The molecule has 0 fully saturated rings. The van der Waals surface area contributed by atoms with Gasteiger partial charge in [0.1, 0.15) is 16.6 Å². The third-order valence-electron chi connectivity index (χ3n) is 4.30. The number of sulfonamides is 1. The molecule has 0 atom stereocenters. The number of carbonyl (C=O) groups excluding carboxylic acids is 1. The van der Waals surface area contributed by atoms with Crippen LogP contribution in [0.5, 0.6) is 0 Å². The molecule has 0 radical (unpaired) electrons. The van der Waals surface area contributed by atoms with Crippen LogP contribution in [0.15, 0.2) is 58.9 Å². The topological polar surface area (TPSA) is 138 Å². The summed E-state index contributed by atoms with van der Waals surface area (Å²) in [6.07, 6.45) is 1.51. The minimum Gasteiger partial charge on any atom is -0.360 e. The molecule has 2 aromatic carbocycles. The van der Waals surface area contributed by atoms with E-state index >= 15 is 0 Å². The fraction of sp³-hybridized carbons (Fsp3) is 0.0952. The van der Waals surface area contributed by atoms with E-state index in [2.05, 4.69) is 22.4 Å². The highest BCUT2D eigenvalue weighted by Gasteiger charge is 2.15. The third-order valence-corrected chi connectivity index (χ3v) is 6.53. The molecule has 158 valence electrons. The minimum atomic E-state index is -4.01. The first-order chi connectivity index (χ1) is 14.7. The molecule has 0 aliphatic rings. The van der Waals surface area contributed by atoms with Gasteiger partial charge in [-0.1, -0.05) is 23.8 Å². The number of primary amides is 1. The molecule has 3 aromatic rings. The number of thiazole rings is 1. The highest BCUT2D eigenvalue weighted by Crippen LogP contribution is 2.28. The molecule has 2 amide bonds. The van der Waals surface area contributed by atoms with Crippen molar-refractivity contribution < 1.29 is 13.2 Å². The summed E-state index contributed by atoms with van der Waals surface area (Å²) in [4.78, 5) is 15.3. The van der Waals surface area contributed by atoms with Gasteiger partial charge in [-0.2, -0.15) is 5.26 Å². The van der Waals surface area contributed by atoms with E-state index in [1.54, 1.807) is 4.72 Å². The van der Waals surface area contributed by atoms with Crippen molar-refractivity contribution >= 4 is 38.7 Å². The molecular formula is C21H19N5O3S2. The summed E-state index contributed by atoms with van der Waals surface area (Å²) in [5.74, 6) is 0. The van der Waals surface area contributed by atoms with E-state index in [9.17, 15) is 18.5 Å². The van der Waals surface area contributed by atoms with E-state index in [4.69, 9.17) is 5.73 Å². The third kappa shape index (κ3) is 5.28. The number of hydrogen-bond acceptors (Lipinski definition) is 7. The Labute approximate surface area is 184 Å². The van der Waals surface area contributed by atoms with Crippen LogP contribution in [0, 0.1) is 25.2 Å². The van der Waals surface area contributed by atoms with Gasteiger partial charge in [-0.05, 0) is 43.7 Å². The lowest BCUT2D eigenvalue weighted by Crippen LogP contribution is -2.34. The van der Waals surface area contributed by atoms with Crippen molar-refractivity contribution in [3.63, 3.8) is 0 Å². The highest BCUT2D eigenvalue weighted by atomic mass is 32.2. The number of amides is 2. The summed E-state index contributed by atoms with van der Waals surface area (Å²) in [5.41, 5.74) is 9.85. The maximum Gasteiger partial charge on any atom is 0.326 e. The van der Waals surface area contributed by atoms with Crippen molar-refractivity contribution in [2.45, 2.75) is 18.7 Å². The van der Waals surface area contributed by atoms with Crippen LogP contribution >= 0.6 is 11.3 Å². The van der Waals surface area contributed by atoms with Crippen molar-refractivity contribution in [1.82, 2.24) is 9.71 Å². The van der Waals surface area contributed by atoms with Gasteiger partial charge in [0.2, 0.25) is 0 Å². The number of aryl methyl sites for hydroxylation is 2. The van der Waals surface area contributed by atoms with Gasteiger partial charge in [0.05, 0.1) is 10.6 Å². The molecule has 0 spiro atoms. The first kappa shape index (κ1) is 22.0. The van der Waals surface area contributed by atoms with Gasteiger partial charge in [-0.15, -0.1) is 11.3 Å². The largest absolute Gasteiger partial charge is 0.360 e. The highest BCUT2D eigenvalue weighted by molar-refractivity contribution is 7.90. The number of nitriles is 1. The molecule has 0 bridgehead atoms. The van der Waals surface area contributed by atoms with Crippen LogP contribution in [0.1, 0.15) is 16.1 Å². The Balaban J connectivity index is 1.78. The zero-order chi connectivity index (χ0) is 22.6. The zero-order valence-corrected chi connectivity index (χ0v) is 18.3. The Kier molecular flexibility index (Phi) is 6.39. The monoisotopic (exact) mass is 453 g/mol. The molecule has 1 aromatic heterocycles. The Morgan fingerprint density at radius 2 is 1.90 bits per heavy atom. The second-order valence-electron chi connectivity index (χ2n) is 6.66. The average Bonchev–Trinajstić information content (AvgIpc) is 3.17. The van der Waals surface area contributed by atoms with Crippen LogP contribution in [0.4, 0.5) is 10.5 Å². The number of allylic oxidation sites excluding steroid dienone is 1. The number of nitrogens with two attached hydrogens (primary N) is 1. The summed E-state index contributed by atoms with van der Waals surface area (Å²) in [6, 6.07) is 12.7. The molecule has 8 nitrogen and oxygen atoms in total. The second-order valence-corrected chi connectivity index (χ2v) is 9.21. The van der Waals surface area contributed by atoms with Crippen LogP contribution in [0.3, 0.4) is 0 Å². The number of carbonyl (C=O) groups is 1. The van der Waals surface area contributed by atoms with Gasteiger partial charge in [-0.25, -0.2) is 22.9 Å². The first-order valence-corrected chi connectivity index (χ1v) is 11.4. The predicted molar refractivity (Wildman–Crippen MR) is 121 cm³/mol. The smallest absolute Gasteiger partial charge is 0.326 e. The summed E-state index contributed by atoms with van der Waals surface area (Å²) >= 11 is 1.36. The first-order valence-electron chi connectivity index (χ1n) is 9.02. The number of rotatable bonds is 6. The van der Waals surface area contributed by atoms with Crippen molar-refractivity contribution in [2.75, 3.05) is 5.32 Å². The van der Waals surface area contributed by atoms with E-state index < -0.39 is 16.1 Å². The summed E-state index contributed by atoms with van der Waals surface area (Å²) < 4.78 is 25.5. The van der Waals surface area contributed by atoms with Crippen molar-refractivity contribution in [3.05, 3.63) is 70.2 Å². The number of benzene rings is 2. The molecule has 4 N–H and O–H groups in total. The number of anilines is 1. The number of urea groups is 1. The lowest BCUT2D eigenvalue weighted by Gasteiger charge is -2.06. The standard InChI is InChI=1S/C21H19N5O3S2/c1-13-3-8-18(14(2)9-13)19-12-30-20(25-19)15(10-22)11-24-16-4-6-17(7-5-16)31(28,29)26-21(23)27/h3-9,11-12,24H,1-2H3,(H3,23,26,27)/b15-11-. The Bertz CT molecular complexity index is 1300. The van der Waals surface area contributed by atoms with Crippen LogP contribution < -0.4 is 15.8 Å². The van der Waals surface area contributed by atoms with Gasteiger partial charge in [0.15, 0.2) is 0 Å². The number of nitrogens with one attached hydrogen (secondary N) is 2. The van der Waals surface area contributed by atoms with Crippen LogP contribution in [-0.2, 0) is 10.0 Å². The molecule has 0 saturated heterocycles. The lowest BCUT2D eigenvalue weighted by atomic mass is 10.0. The Hall–Kier alpha value is -3.68. The number of aromatic nitrogens is 1.